The third kappa shape index (κ3) is 4.32. The maximum Gasteiger partial charge on any atom is 0.245 e. The van der Waals surface area contributed by atoms with Crippen LogP contribution < -0.4 is 19.5 Å². The van der Waals surface area contributed by atoms with E-state index in [-0.39, 0.29) is 0 Å². The highest BCUT2D eigenvalue weighted by Gasteiger charge is 2.19. The third-order valence-electron chi connectivity index (χ3n) is 3.38. The zero-order valence-corrected chi connectivity index (χ0v) is 14.1. The molecule has 1 aromatic carbocycles. The first-order valence-corrected chi connectivity index (χ1v) is 7.34. The Balaban J connectivity index is 2.22. The van der Waals surface area contributed by atoms with Gasteiger partial charge in [-0.15, -0.1) is 0 Å². The molecule has 7 nitrogen and oxygen atoms in total. The number of amides is 1. The Kier molecular flexibility index (Phi) is 6.07. The predicted molar refractivity (Wildman–Crippen MR) is 90.3 cm³/mol. The van der Waals surface area contributed by atoms with E-state index in [1.807, 2.05) is 6.07 Å². The Bertz CT molecular complexity index is 765. The highest BCUT2D eigenvalue weighted by Crippen LogP contribution is 2.39. The molecule has 0 spiro atoms. The number of nitriles is 1. The van der Waals surface area contributed by atoms with Crippen molar-refractivity contribution in [3.05, 3.63) is 47.9 Å². The Morgan fingerprint density at radius 3 is 2.40 bits per heavy atom. The minimum Gasteiger partial charge on any atom is -0.493 e. The molecule has 0 bridgehead atoms. The molecule has 1 aromatic heterocycles. The number of hydrogen-bond donors (Lipinski definition) is 1. The first-order valence-electron chi connectivity index (χ1n) is 7.34. The van der Waals surface area contributed by atoms with Crippen LogP contribution in [-0.2, 0) is 4.79 Å². The molecule has 0 aliphatic carbocycles. The quantitative estimate of drug-likeness (QED) is 0.778. The molecule has 1 amide bonds. The number of carbonyl (C=O) groups excluding carboxylic acids is 1. The SMILES string of the molecule is COc1cc([C@@H](C#N)NC(=O)/C=C\c2ccco2)cc(OC)c1OC. The van der Waals surface area contributed by atoms with Crippen molar-refractivity contribution >= 4 is 12.0 Å². The number of ether oxygens (including phenoxy) is 3. The Hall–Kier alpha value is -3.40. The van der Waals surface area contributed by atoms with Gasteiger partial charge in [-0.2, -0.15) is 5.26 Å². The van der Waals surface area contributed by atoms with Crippen molar-refractivity contribution in [3.8, 4) is 23.3 Å². The number of nitrogens with zero attached hydrogens (tertiary/aromatic N) is 1. The maximum absolute atomic E-state index is 12.0. The molecule has 0 aliphatic heterocycles. The van der Waals surface area contributed by atoms with Crippen molar-refractivity contribution in [3.63, 3.8) is 0 Å². The van der Waals surface area contributed by atoms with E-state index in [2.05, 4.69) is 5.32 Å². The van der Waals surface area contributed by atoms with E-state index in [9.17, 15) is 10.1 Å². The number of carbonyl (C=O) groups is 1. The van der Waals surface area contributed by atoms with Gasteiger partial charge in [0.15, 0.2) is 11.5 Å². The van der Waals surface area contributed by atoms with E-state index in [1.165, 1.54) is 39.7 Å². The molecular formula is C18H18N2O5. The molecule has 25 heavy (non-hydrogen) atoms. The standard InChI is InChI=1S/C18H18N2O5/c1-22-15-9-12(10-16(23-2)18(15)24-3)14(11-19)20-17(21)7-6-13-5-4-8-25-13/h4-10,14H,1-3H3,(H,20,21)/b7-6-/t14-/m1/s1. The van der Waals surface area contributed by atoms with Crippen LogP contribution in [0.5, 0.6) is 17.2 Å². The lowest BCUT2D eigenvalue weighted by Gasteiger charge is -2.16. The van der Waals surface area contributed by atoms with Crippen molar-refractivity contribution < 1.29 is 23.4 Å². The normalized spacial score (nSPS) is 11.6. The van der Waals surface area contributed by atoms with Crippen LogP contribution in [0.3, 0.4) is 0 Å². The average molecular weight is 342 g/mol. The maximum atomic E-state index is 12.0. The van der Waals surface area contributed by atoms with Gasteiger partial charge < -0.3 is 23.9 Å². The van der Waals surface area contributed by atoms with Crippen LogP contribution in [0.1, 0.15) is 17.4 Å². The van der Waals surface area contributed by atoms with Gasteiger partial charge in [0.2, 0.25) is 11.7 Å². The van der Waals surface area contributed by atoms with Gasteiger partial charge >= 0.3 is 0 Å². The van der Waals surface area contributed by atoms with Crippen molar-refractivity contribution in [2.45, 2.75) is 6.04 Å². The molecule has 0 fully saturated rings. The lowest BCUT2D eigenvalue weighted by atomic mass is 10.1. The van der Waals surface area contributed by atoms with Crippen molar-refractivity contribution in [1.82, 2.24) is 5.32 Å². The van der Waals surface area contributed by atoms with E-state index in [0.717, 1.165) is 0 Å². The molecule has 130 valence electrons. The van der Waals surface area contributed by atoms with E-state index in [1.54, 1.807) is 24.3 Å². The van der Waals surface area contributed by atoms with Crippen LogP contribution in [0.25, 0.3) is 6.08 Å². The molecule has 0 saturated carbocycles. The lowest BCUT2D eigenvalue weighted by molar-refractivity contribution is -0.116. The summed E-state index contributed by atoms with van der Waals surface area (Å²) in [6, 6.07) is 7.82. The number of hydrogen-bond acceptors (Lipinski definition) is 6. The van der Waals surface area contributed by atoms with E-state index in [4.69, 9.17) is 18.6 Å². The monoisotopic (exact) mass is 342 g/mol. The number of furan rings is 1. The molecule has 7 heteroatoms. The topological polar surface area (TPSA) is 93.7 Å². The summed E-state index contributed by atoms with van der Waals surface area (Å²) in [7, 11) is 4.45. The lowest BCUT2D eigenvalue weighted by Crippen LogP contribution is -2.25. The van der Waals surface area contributed by atoms with Crippen LogP contribution in [0.2, 0.25) is 0 Å². The molecule has 1 N–H and O–H groups in total. The first-order chi connectivity index (χ1) is 12.1. The second kappa shape index (κ2) is 8.45. The predicted octanol–water partition coefficient (Wildman–Crippen LogP) is 2.70. The Labute approximate surface area is 145 Å². The molecule has 0 unspecified atom stereocenters. The molecule has 2 rings (SSSR count). The zero-order chi connectivity index (χ0) is 18.2. The third-order valence-corrected chi connectivity index (χ3v) is 3.38. The highest BCUT2D eigenvalue weighted by atomic mass is 16.5. The van der Waals surface area contributed by atoms with E-state index in [0.29, 0.717) is 28.6 Å². The zero-order valence-electron chi connectivity index (χ0n) is 14.1. The molecule has 0 radical (unpaired) electrons. The summed E-state index contributed by atoms with van der Waals surface area (Å²) < 4.78 is 20.9. The van der Waals surface area contributed by atoms with Crippen molar-refractivity contribution in [1.29, 1.82) is 5.26 Å². The van der Waals surface area contributed by atoms with Crippen LogP contribution in [0, 0.1) is 11.3 Å². The summed E-state index contributed by atoms with van der Waals surface area (Å²) in [6.45, 7) is 0. The molecular weight excluding hydrogens is 324 g/mol. The van der Waals surface area contributed by atoms with Crippen molar-refractivity contribution in [2.75, 3.05) is 21.3 Å². The van der Waals surface area contributed by atoms with E-state index >= 15 is 0 Å². The summed E-state index contributed by atoms with van der Waals surface area (Å²) in [5, 5.41) is 12.0. The van der Waals surface area contributed by atoms with Crippen molar-refractivity contribution in [2.24, 2.45) is 0 Å². The van der Waals surface area contributed by atoms with Gasteiger partial charge in [0, 0.05) is 6.08 Å². The van der Waals surface area contributed by atoms with Gasteiger partial charge in [0.1, 0.15) is 11.8 Å². The van der Waals surface area contributed by atoms with Gasteiger partial charge in [0.05, 0.1) is 33.7 Å². The molecule has 2 aromatic rings. The molecule has 1 atom stereocenters. The highest BCUT2D eigenvalue weighted by molar-refractivity contribution is 5.91. The molecule has 0 aliphatic rings. The van der Waals surface area contributed by atoms with Gasteiger partial charge in [-0.25, -0.2) is 0 Å². The average Bonchev–Trinajstić information content (AvgIpc) is 3.16. The fourth-order valence-corrected chi connectivity index (χ4v) is 2.19. The van der Waals surface area contributed by atoms with Gasteiger partial charge in [-0.05, 0) is 35.9 Å². The van der Waals surface area contributed by atoms with Gasteiger partial charge in [-0.3, -0.25) is 4.79 Å². The van der Waals surface area contributed by atoms with Crippen LogP contribution in [-0.4, -0.2) is 27.2 Å². The second-order valence-corrected chi connectivity index (χ2v) is 4.88. The first kappa shape index (κ1) is 17.9. The largest absolute Gasteiger partial charge is 0.493 e. The Morgan fingerprint density at radius 1 is 1.24 bits per heavy atom. The summed E-state index contributed by atoms with van der Waals surface area (Å²) in [5.41, 5.74) is 0.511. The van der Waals surface area contributed by atoms with Crippen LogP contribution in [0.4, 0.5) is 0 Å². The minimum absolute atomic E-state index is 0.400. The summed E-state index contributed by atoms with van der Waals surface area (Å²) >= 11 is 0. The van der Waals surface area contributed by atoms with Gasteiger partial charge in [-0.1, -0.05) is 0 Å². The number of methoxy groups -OCH3 is 3. The van der Waals surface area contributed by atoms with E-state index < -0.39 is 11.9 Å². The van der Waals surface area contributed by atoms with Crippen LogP contribution >= 0.6 is 0 Å². The Morgan fingerprint density at radius 2 is 1.92 bits per heavy atom. The summed E-state index contributed by atoms with van der Waals surface area (Å²) in [6.07, 6.45) is 4.31. The fourth-order valence-electron chi connectivity index (χ4n) is 2.19. The summed E-state index contributed by atoms with van der Waals surface area (Å²) in [4.78, 5) is 12.0. The van der Waals surface area contributed by atoms with Crippen LogP contribution in [0.15, 0.2) is 41.0 Å². The minimum atomic E-state index is -0.887. The number of rotatable bonds is 7. The summed E-state index contributed by atoms with van der Waals surface area (Å²) in [5.74, 6) is 1.32. The molecule has 1 heterocycles. The smallest absolute Gasteiger partial charge is 0.245 e. The number of nitrogens with one attached hydrogen (secondary N) is 1. The second-order valence-electron chi connectivity index (χ2n) is 4.88. The van der Waals surface area contributed by atoms with Gasteiger partial charge in [0.25, 0.3) is 0 Å². The fraction of sp³-hybridized carbons (Fsp3) is 0.222. The molecule has 0 saturated heterocycles. The number of benzene rings is 1.